The fourth-order valence-electron chi connectivity index (χ4n) is 5.05. The van der Waals surface area contributed by atoms with Crippen LogP contribution in [0.3, 0.4) is 0 Å². The molecule has 2 aromatic heterocycles. The number of halogens is 1. The molecule has 0 unspecified atom stereocenters. The number of nitrogens with zero attached hydrogens (tertiary/aromatic N) is 4. The van der Waals surface area contributed by atoms with Crippen LogP contribution in [0.15, 0.2) is 97.2 Å². The molecule has 1 aliphatic heterocycles. The second kappa shape index (κ2) is 9.55. The SMILES string of the molecule is COc1ccc(NC(=O)N2Cc3c(C)nn(-c4ccccc4)c3-n3cccc3[C@H]2c2cccc(F)c2)cc1. The monoisotopic (exact) mass is 507 g/mol. The van der Waals surface area contributed by atoms with Crippen LogP contribution >= 0.6 is 0 Å². The number of rotatable bonds is 4. The number of methoxy groups -OCH3 is 1. The van der Waals surface area contributed by atoms with Crippen LogP contribution in [-0.4, -0.2) is 32.4 Å². The predicted molar refractivity (Wildman–Crippen MR) is 143 cm³/mol. The molecule has 3 aromatic carbocycles. The standard InChI is InChI=1S/C30H26FN5O2/c1-20-26-19-35(30(37)32-23-13-15-25(38-2)16-14-23)28(21-8-6-9-22(31)18-21)27-12-7-17-34(27)29(26)36(33-20)24-10-4-3-5-11-24/h3-18,28H,19H2,1-2H3,(H,32,37)/t28-/m1/s1. The Morgan fingerprint density at radius 1 is 1.00 bits per heavy atom. The van der Waals surface area contributed by atoms with Gasteiger partial charge in [-0.1, -0.05) is 30.3 Å². The largest absolute Gasteiger partial charge is 0.497 e. The molecule has 5 aromatic rings. The molecule has 0 aliphatic carbocycles. The molecule has 1 atom stereocenters. The highest BCUT2D eigenvalue weighted by Crippen LogP contribution is 2.39. The van der Waals surface area contributed by atoms with E-state index in [4.69, 9.17) is 9.84 Å². The first-order valence-corrected chi connectivity index (χ1v) is 12.3. The lowest BCUT2D eigenvalue weighted by Crippen LogP contribution is -2.38. The van der Waals surface area contributed by atoms with Crippen molar-refractivity contribution < 1.29 is 13.9 Å². The Balaban J connectivity index is 1.51. The van der Waals surface area contributed by atoms with E-state index in [1.54, 1.807) is 42.3 Å². The molecular weight excluding hydrogens is 481 g/mol. The van der Waals surface area contributed by atoms with E-state index < -0.39 is 6.04 Å². The number of fused-ring (bicyclic) bond motifs is 3. The summed E-state index contributed by atoms with van der Waals surface area (Å²) in [6, 6.07) is 26.5. The lowest BCUT2D eigenvalue weighted by atomic mass is 10.0. The van der Waals surface area contributed by atoms with Gasteiger partial charge in [-0.3, -0.25) is 0 Å². The minimum Gasteiger partial charge on any atom is -0.497 e. The van der Waals surface area contributed by atoms with Gasteiger partial charge < -0.3 is 19.5 Å². The molecule has 0 saturated carbocycles. The summed E-state index contributed by atoms with van der Waals surface area (Å²) in [5.74, 6) is 1.20. The second-order valence-electron chi connectivity index (χ2n) is 9.18. The lowest BCUT2D eigenvalue weighted by molar-refractivity contribution is 0.194. The van der Waals surface area contributed by atoms with Crippen molar-refractivity contribution in [2.24, 2.45) is 0 Å². The molecule has 1 N–H and O–H groups in total. The van der Waals surface area contributed by atoms with Gasteiger partial charge in [0.05, 0.1) is 36.8 Å². The first kappa shape index (κ1) is 23.5. The van der Waals surface area contributed by atoms with E-state index in [0.29, 0.717) is 17.0 Å². The molecule has 1 aliphatic rings. The van der Waals surface area contributed by atoms with Gasteiger partial charge in [-0.25, -0.2) is 13.9 Å². The second-order valence-corrected chi connectivity index (χ2v) is 9.18. The molecule has 0 spiro atoms. The van der Waals surface area contributed by atoms with Gasteiger partial charge in [0.2, 0.25) is 0 Å². The van der Waals surface area contributed by atoms with Gasteiger partial charge in [0.25, 0.3) is 0 Å². The van der Waals surface area contributed by atoms with Crippen LogP contribution in [-0.2, 0) is 6.54 Å². The van der Waals surface area contributed by atoms with Crippen molar-refractivity contribution in [2.45, 2.75) is 19.5 Å². The lowest BCUT2D eigenvalue weighted by Gasteiger charge is -2.31. The zero-order valence-electron chi connectivity index (χ0n) is 21.0. The number of anilines is 1. The van der Waals surface area contributed by atoms with Gasteiger partial charge in [0.1, 0.15) is 17.4 Å². The molecular formula is C30H26FN5O2. The fourth-order valence-corrected chi connectivity index (χ4v) is 5.05. The maximum absolute atomic E-state index is 14.5. The molecule has 190 valence electrons. The Labute approximate surface area is 219 Å². The Bertz CT molecular complexity index is 1610. The van der Waals surface area contributed by atoms with Gasteiger partial charge in [-0.2, -0.15) is 5.10 Å². The summed E-state index contributed by atoms with van der Waals surface area (Å²) in [5.41, 5.74) is 4.77. The normalized spacial score (nSPS) is 14.4. The fraction of sp³-hybridized carbons (Fsp3) is 0.133. The Morgan fingerprint density at radius 3 is 2.53 bits per heavy atom. The zero-order valence-corrected chi connectivity index (χ0v) is 21.0. The Morgan fingerprint density at radius 2 is 1.79 bits per heavy atom. The van der Waals surface area contributed by atoms with Gasteiger partial charge in [0, 0.05) is 17.4 Å². The predicted octanol–water partition coefficient (Wildman–Crippen LogP) is 6.26. The van der Waals surface area contributed by atoms with Gasteiger partial charge >= 0.3 is 6.03 Å². The number of amides is 2. The van der Waals surface area contributed by atoms with E-state index in [-0.39, 0.29) is 18.4 Å². The first-order chi connectivity index (χ1) is 18.5. The van der Waals surface area contributed by atoms with Crippen molar-refractivity contribution >= 4 is 11.7 Å². The van der Waals surface area contributed by atoms with Crippen LogP contribution in [0.4, 0.5) is 14.9 Å². The third-order valence-corrected chi connectivity index (χ3v) is 6.85. The minimum atomic E-state index is -0.546. The molecule has 6 rings (SSSR count). The van der Waals surface area contributed by atoms with E-state index in [0.717, 1.165) is 28.5 Å². The van der Waals surface area contributed by atoms with Gasteiger partial charge in [-0.05, 0) is 73.2 Å². The number of aryl methyl sites for hydroxylation is 1. The number of hydrogen-bond donors (Lipinski definition) is 1. The van der Waals surface area contributed by atoms with Crippen LogP contribution in [0, 0.1) is 12.7 Å². The molecule has 0 bridgehead atoms. The van der Waals surface area contributed by atoms with Crippen LogP contribution in [0.25, 0.3) is 11.5 Å². The summed E-state index contributed by atoms with van der Waals surface area (Å²) in [5, 5.41) is 7.87. The maximum atomic E-state index is 14.5. The molecule has 3 heterocycles. The van der Waals surface area contributed by atoms with Crippen LogP contribution < -0.4 is 10.1 Å². The van der Waals surface area contributed by atoms with Crippen LogP contribution in [0.5, 0.6) is 5.75 Å². The quantitative estimate of drug-likeness (QED) is 0.312. The minimum absolute atomic E-state index is 0.277. The van der Waals surface area contributed by atoms with Crippen molar-refractivity contribution in [3.63, 3.8) is 0 Å². The van der Waals surface area contributed by atoms with Crippen LogP contribution in [0.1, 0.15) is 28.6 Å². The highest BCUT2D eigenvalue weighted by atomic mass is 19.1. The highest BCUT2D eigenvalue weighted by Gasteiger charge is 2.36. The van der Waals surface area contributed by atoms with Crippen molar-refractivity contribution in [3.05, 3.63) is 126 Å². The van der Waals surface area contributed by atoms with E-state index in [1.807, 2.05) is 66.3 Å². The average molecular weight is 508 g/mol. The summed E-state index contributed by atoms with van der Waals surface area (Å²) in [4.78, 5) is 15.7. The number of carbonyl (C=O) groups excluding carboxylic acids is 1. The number of para-hydroxylation sites is 1. The summed E-state index contributed by atoms with van der Waals surface area (Å²) in [6.45, 7) is 2.22. The molecule has 38 heavy (non-hydrogen) atoms. The molecule has 8 heteroatoms. The zero-order chi connectivity index (χ0) is 26.2. The summed E-state index contributed by atoms with van der Waals surface area (Å²) < 4.78 is 23.7. The molecule has 0 radical (unpaired) electrons. The number of ether oxygens (including phenoxy) is 1. The van der Waals surface area contributed by atoms with Crippen molar-refractivity contribution in [3.8, 4) is 17.3 Å². The number of hydrogen-bond acceptors (Lipinski definition) is 3. The average Bonchev–Trinajstić information content (AvgIpc) is 3.50. The van der Waals surface area contributed by atoms with Crippen LogP contribution in [0.2, 0.25) is 0 Å². The number of nitrogens with one attached hydrogen (secondary N) is 1. The van der Waals surface area contributed by atoms with E-state index in [1.165, 1.54) is 12.1 Å². The topological polar surface area (TPSA) is 64.3 Å². The maximum Gasteiger partial charge on any atom is 0.322 e. The van der Waals surface area contributed by atoms with Crippen molar-refractivity contribution in [1.29, 1.82) is 0 Å². The first-order valence-electron chi connectivity index (χ1n) is 12.3. The van der Waals surface area contributed by atoms with Crippen molar-refractivity contribution in [1.82, 2.24) is 19.2 Å². The molecule has 7 nitrogen and oxygen atoms in total. The van der Waals surface area contributed by atoms with Gasteiger partial charge in [0.15, 0.2) is 0 Å². The third-order valence-electron chi connectivity index (χ3n) is 6.85. The number of urea groups is 1. The van der Waals surface area contributed by atoms with E-state index >= 15 is 0 Å². The van der Waals surface area contributed by atoms with Gasteiger partial charge in [-0.15, -0.1) is 0 Å². The molecule has 0 fully saturated rings. The highest BCUT2D eigenvalue weighted by molar-refractivity contribution is 5.90. The molecule has 2 amide bonds. The smallest absolute Gasteiger partial charge is 0.322 e. The van der Waals surface area contributed by atoms with E-state index in [2.05, 4.69) is 9.88 Å². The summed E-state index contributed by atoms with van der Waals surface area (Å²) >= 11 is 0. The Hall–Kier alpha value is -4.85. The summed E-state index contributed by atoms with van der Waals surface area (Å²) in [6.07, 6.45) is 1.96. The number of benzene rings is 3. The number of carbonyl (C=O) groups is 1. The Kier molecular flexibility index (Phi) is 5.92. The van der Waals surface area contributed by atoms with E-state index in [9.17, 15) is 9.18 Å². The number of aromatic nitrogens is 3. The third kappa shape index (κ3) is 4.10. The van der Waals surface area contributed by atoms with Crippen molar-refractivity contribution in [2.75, 3.05) is 12.4 Å². The molecule has 0 saturated heterocycles. The summed E-state index contributed by atoms with van der Waals surface area (Å²) in [7, 11) is 1.60.